The van der Waals surface area contributed by atoms with Gasteiger partial charge in [-0.05, 0) is 32.6 Å². The van der Waals surface area contributed by atoms with Crippen molar-refractivity contribution in [3.63, 3.8) is 0 Å². The third kappa shape index (κ3) is 7.44. The van der Waals surface area contributed by atoms with E-state index in [0.717, 1.165) is 18.4 Å². The number of hydrogen-bond acceptors (Lipinski definition) is 1. The summed E-state index contributed by atoms with van der Waals surface area (Å²) in [5, 5.41) is 6.69. The lowest BCUT2D eigenvalue weighted by atomic mass is 9.85. The topological polar surface area (TPSA) is 36.4 Å². The normalized spacial score (nSPS) is 18.9. The van der Waals surface area contributed by atoms with Crippen LogP contribution in [-0.4, -0.2) is 25.6 Å². The maximum Gasteiger partial charge on any atom is 0.191 e. The van der Waals surface area contributed by atoms with E-state index in [1.165, 1.54) is 44.9 Å². The van der Waals surface area contributed by atoms with Crippen molar-refractivity contribution in [3.05, 3.63) is 0 Å². The number of nitrogens with zero attached hydrogens (tertiary/aromatic N) is 1. The molecule has 1 aliphatic carbocycles. The first kappa shape index (κ1) is 18.0. The van der Waals surface area contributed by atoms with Gasteiger partial charge in [-0.15, -0.1) is 24.0 Å². The van der Waals surface area contributed by atoms with Crippen LogP contribution in [0.5, 0.6) is 0 Å². The number of aliphatic imine (C=N–C) groups is 1. The van der Waals surface area contributed by atoms with Crippen molar-refractivity contribution in [1.82, 2.24) is 10.6 Å². The molecule has 108 valence electrons. The van der Waals surface area contributed by atoms with Gasteiger partial charge in [-0.1, -0.05) is 32.1 Å². The van der Waals surface area contributed by atoms with Crippen LogP contribution < -0.4 is 10.6 Å². The average molecular weight is 367 g/mol. The second-order valence-corrected chi connectivity index (χ2v) is 5.23. The van der Waals surface area contributed by atoms with E-state index in [0.29, 0.717) is 6.04 Å². The summed E-state index contributed by atoms with van der Waals surface area (Å²) < 4.78 is 0. The van der Waals surface area contributed by atoms with Crippen LogP contribution in [0, 0.1) is 5.92 Å². The van der Waals surface area contributed by atoms with Gasteiger partial charge in [0.25, 0.3) is 0 Å². The van der Waals surface area contributed by atoms with Crippen molar-refractivity contribution in [2.45, 2.75) is 64.8 Å². The van der Waals surface area contributed by atoms with Crippen LogP contribution in [0.25, 0.3) is 0 Å². The number of guanidine groups is 1. The summed E-state index contributed by atoms with van der Waals surface area (Å²) in [6.07, 6.45) is 9.89. The van der Waals surface area contributed by atoms with Crippen LogP contribution in [0.2, 0.25) is 0 Å². The SMILES string of the molecule is CCNC(=NC)NC(C)CCC1CCCCC1.I. The number of halogens is 1. The molecular formula is C14H30IN3. The molecule has 0 amide bonds. The second-order valence-electron chi connectivity index (χ2n) is 5.23. The van der Waals surface area contributed by atoms with Crippen molar-refractivity contribution < 1.29 is 0 Å². The lowest BCUT2D eigenvalue weighted by Crippen LogP contribution is -2.42. The van der Waals surface area contributed by atoms with Crippen LogP contribution in [-0.2, 0) is 0 Å². The zero-order valence-corrected chi connectivity index (χ0v) is 14.5. The minimum atomic E-state index is 0. The molecule has 0 bridgehead atoms. The molecule has 2 N–H and O–H groups in total. The van der Waals surface area contributed by atoms with Crippen molar-refractivity contribution in [2.75, 3.05) is 13.6 Å². The third-order valence-corrected chi connectivity index (χ3v) is 3.68. The van der Waals surface area contributed by atoms with Crippen LogP contribution in [0.3, 0.4) is 0 Å². The molecule has 18 heavy (non-hydrogen) atoms. The molecule has 0 aliphatic heterocycles. The van der Waals surface area contributed by atoms with Gasteiger partial charge in [0.05, 0.1) is 0 Å². The van der Waals surface area contributed by atoms with Crippen LogP contribution in [0.15, 0.2) is 4.99 Å². The largest absolute Gasteiger partial charge is 0.357 e. The summed E-state index contributed by atoms with van der Waals surface area (Å²) in [6, 6.07) is 0.523. The van der Waals surface area contributed by atoms with Gasteiger partial charge < -0.3 is 10.6 Å². The monoisotopic (exact) mass is 367 g/mol. The van der Waals surface area contributed by atoms with Crippen LogP contribution in [0.4, 0.5) is 0 Å². The van der Waals surface area contributed by atoms with Gasteiger partial charge in [0, 0.05) is 19.6 Å². The summed E-state index contributed by atoms with van der Waals surface area (Å²) in [5.41, 5.74) is 0. The van der Waals surface area contributed by atoms with Crippen molar-refractivity contribution in [3.8, 4) is 0 Å². The van der Waals surface area contributed by atoms with Crippen molar-refractivity contribution in [1.29, 1.82) is 0 Å². The fraction of sp³-hybridized carbons (Fsp3) is 0.929. The maximum absolute atomic E-state index is 4.21. The number of nitrogens with one attached hydrogen (secondary N) is 2. The molecule has 0 aromatic rings. The van der Waals surface area contributed by atoms with E-state index in [4.69, 9.17) is 0 Å². The Kier molecular flexibility index (Phi) is 10.9. The third-order valence-electron chi connectivity index (χ3n) is 3.68. The fourth-order valence-corrected chi connectivity index (χ4v) is 2.63. The summed E-state index contributed by atoms with van der Waals surface area (Å²) in [6.45, 7) is 5.28. The second kappa shape index (κ2) is 10.9. The van der Waals surface area contributed by atoms with Gasteiger partial charge in [-0.3, -0.25) is 4.99 Å². The Balaban J connectivity index is 0.00000289. The molecule has 0 heterocycles. The molecule has 0 aromatic carbocycles. The standard InChI is InChI=1S/C14H29N3.HI/c1-4-16-14(15-3)17-12(2)10-11-13-8-6-5-7-9-13;/h12-13H,4-11H2,1-3H3,(H2,15,16,17);1H. The Morgan fingerprint density at radius 2 is 1.94 bits per heavy atom. The van der Waals surface area contributed by atoms with E-state index < -0.39 is 0 Å². The molecule has 1 aliphatic rings. The summed E-state index contributed by atoms with van der Waals surface area (Å²) in [5.74, 6) is 1.91. The van der Waals surface area contributed by atoms with Gasteiger partial charge in [0.15, 0.2) is 5.96 Å². The Morgan fingerprint density at radius 3 is 2.50 bits per heavy atom. The van der Waals surface area contributed by atoms with Gasteiger partial charge in [-0.25, -0.2) is 0 Å². The minimum absolute atomic E-state index is 0. The maximum atomic E-state index is 4.21. The Morgan fingerprint density at radius 1 is 1.28 bits per heavy atom. The smallest absolute Gasteiger partial charge is 0.191 e. The first-order valence-corrected chi connectivity index (χ1v) is 7.23. The highest BCUT2D eigenvalue weighted by Gasteiger charge is 2.14. The molecule has 0 spiro atoms. The fourth-order valence-electron chi connectivity index (χ4n) is 2.63. The van der Waals surface area contributed by atoms with Crippen molar-refractivity contribution >= 4 is 29.9 Å². The predicted octanol–water partition coefficient (Wildman–Crippen LogP) is 3.54. The Hall–Kier alpha value is 0. The molecule has 1 unspecified atom stereocenters. The van der Waals surface area contributed by atoms with E-state index in [2.05, 4.69) is 29.5 Å². The lowest BCUT2D eigenvalue weighted by Gasteiger charge is -2.24. The zero-order valence-electron chi connectivity index (χ0n) is 12.2. The Bertz CT molecular complexity index is 225. The van der Waals surface area contributed by atoms with E-state index in [1.54, 1.807) is 0 Å². The molecule has 4 heteroatoms. The molecule has 0 aromatic heterocycles. The van der Waals surface area contributed by atoms with E-state index in [-0.39, 0.29) is 24.0 Å². The molecule has 3 nitrogen and oxygen atoms in total. The minimum Gasteiger partial charge on any atom is -0.357 e. The number of hydrogen-bond donors (Lipinski definition) is 2. The molecule has 1 saturated carbocycles. The van der Waals surface area contributed by atoms with Crippen LogP contribution in [0.1, 0.15) is 58.8 Å². The highest BCUT2D eigenvalue weighted by Crippen LogP contribution is 2.27. The Labute approximate surface area is 130 Å². The van der Waals surface area contributed by atoms with Gasteiger partial charge in [0.1, 0.15) is 0 Å². The quantitative estimate of drug-likeness (QED) is 0.443. The highest BCUT2D eigenvalue weighted by atomic mass is 127. The van der Waals surface area contributed by atoms with Gasteiger partial charge >= 0.3 is 0 Å². The molecule has 0 saturated heterocycles. The molecule has 1 rings (SSSR count). The predicted molar refractivity (Wildman–Crippen MR) is 90.9 cm³/mol. The first-order valence-electron chi connectivity index (χ1n) is 7.23. The molecule has 1 atom stereocenters. The summed E-state index contributed by atoms with van der Waals surface area (Å²) >= 11 is 0. The summed E-state index contributed by atoms with van der Waals surface area (Å²) in [4.78, 5) is 4.21. The zero-order chi connectivity index (χ0) is 12.5. The van der Waals surface area contributed by atoms with Crippen LogP contribution >= 0.6 is 24.0 Å². The average Bonchev–Trinajstić information content (AvgIpc) is 2.37. The molecule has 0 radical (unpaired) electrons. The summed E-state index contributed by atoms with van der Waals surface area (Å²) in [7, 11) is 1.83. The van der Waals surface area contributed by atoms with E-state index in [1.807, 2.05) is 7.05 Å². The number of rotatable bonds is 5. The van der Waals surface area contributed by atoms with Gasteiger partial charge in [0.2, 0.25) is 0 Å². The van der Waals surface area contributed by atoms with Crippen molar-refractivity contribution in [2.24, 2.45) is 10.9 Å². The molecule has 1 fully saturated rings. The van der Waals surface area contributed by atoms with Gasteiger partial charge in [-0.2, -0.15) is 0 Å². The first-order chi connectivity index (χ1) is 8.26. The lowest BCUT2D eigenvalue weighted by molar-refractivity contribution is 0.322. The highest BCUT2D eigenvalue weighted by molar-refractivity contribution is 14.0. The van der Waals surface area contributed by atoms with E-state index in [9.17, 15) is 0 Å². The van der Waals surface area contributed by atoms with E-state index >= 15 is 0 Å². The molecular weight excluding hydrogens is 337 g/mol.